The summed E-state index contributed by atoms with van der Waals surface area (Å²) < 4.78 is 1.91. The summed E-state index contributed by atoms with van der Waals surface area (Å²) in [5, 5.41) is 13.9. The van der Waals surface area contributed by atoms with Crippen molar-refractivity contribution in [3.63, 3.8) is 0 Å². The number of carbonyl (C=O) groups is 1. The maximum absolute atomic E-state index is 12.1. The second-order valence-electron chi connectivity index (χ2n) is 7.07. The van der Waals surface area contributed by atoms with E-state index in [0.29, 0.717) is 18.7 Å². The van der Waals surface area contributed by atoms with E-state index >= 15 is 0 Å². The number of rotatable bonds is 10. The topological polar surface area (TPSA) is 83.3 Å². The van der Waals surface area contributed by atoms with Crippen molar-refractivity contribution in [2.45, 2.75) is 26.4 Å². The lowest BCUT2D eigenvalue weighted by atomic mass is 10.1. The molecule has 0 atom stereocenters. The van der Waals surface area contributed by atoms with E-state index in [-0.39, 0.29) is 29.9 Å². The molecule has 170 valence electrons. The summed E-state index contributed by atoms with van der Waals surface area (Å²) in [6.45, 7) is 5.46. The standard InChI is InChI=1S/C24H30N6O.HI/c1-2-25-24(27-15-8-14-26-23(31)20-10-4-3-5-11-20)28-18-21-12-6-7-13-22(21)19-30-17-9-16-29-30;/h3-7,9-13,16-17H,2,8,14-15,18-19H2,1H3,(H,26,31)(H2,25,27,28);1H. The Morgan fingerprint density at radius 2 is 1.66 bits per heavy atom. The van der Waals surface area contributed by atoms with Crippen molar-refractivity contribution < 1.29 is 4.79 Å². The zero-order valence-electron chi connectivity index (χ0n) is 18.3. The highest BCUT2D eigenvalue weighted by Gasteiger charge is 2.05. The molecule has 0 saturated carbocycles. The van der Waals surface area contributed by atoms with Crippen LogP contribution >= 0.6 is 24.0 Å². The number of benzene rings is 2. The Labute approximate surface area is 206 Å². The van der Waals surface area contributed by atoms with Gasteiger partial charge < -0.3 is 16.0 Å². The molecular formula is C24H31IN6O. The Balaban J connectivity index is 0.00000363. The van der Waals surface area contributed by atoms with Gasteiger partial charge in [-0.2, -0.15) is 5.10 Å². The number of aromatic nitrogens is 2. The van der Waals surface area contributed by atoms with Crippen LogP contribution < -0.4 is 16.0 Å². The number of aliphatic imine (C=N–C) groups is 1. The van der Waals surface area contributed by atoms with Crippen molar-refractivity contribution in [3.05, 3.63) is 89.7 Å². The lowest BCUT2D eigenvalue weighted by Crippen LogP contribution is -2.38. The first-order valence-electron chi connectivity index (χ1n) is 10.7. The molecule has 0 unspecified atom stereocenters. The maximum Gasteiger partial charge on any atom is 0.251 e. The summed E-state index contributed by atoms with van der Waals surface area (Å²) in [5.41, 5.74) is 3.05. The normalized spacial score (nSPS) is 10.8. The van der Waals surface area contributed by atoms with Gasteiger partial charge in [0.1, 0.15) is 0 Å². The van der Waals surface area contributed by atoms with Crippen molar-refractivity contribution >= 4 is 35.8 Å². The molecule has 0 aliphatic carbocycles. The molecule has 7 nitrogen and oxygen atoms in total. The SMILES string of the molecule is CCNC(=NCc1ccccc1Cn1cccn1)NCCCNC(=O)c1ccccc1.I. The molecule has 2 aromatic carbocycles. The molecule has 1 amide bonds. The Morgan fingerprint density at radius 3 is 2.38 bits per heavy atom. The molecule has 1 aromatic heterocycles. The van der Waals surface area contributed by atoms with Crippen LogP contribution in [0.4, 0.5) is 0 Å². The van der Waals surface area contributed by atoms with Crippen LogP contribution in [0.1, 0.15) is 34.8 Å². The van der Waals surface area contributed by atoms with Crippen molar-refractivity contribution in [2.75, 3.05) is 19.6 Å². The molecule has 3 aromatic rings. The van der Waals surface area contributed by atoms with Crippen LogP contribution in [0.15, 0.2) is 78.0 Å². The van der Waals surface area contributed by atoms with E-state index in [1.165, 1.54) is 11.1 Å². The highest BCUT2D eigenvalue weighted by Crippen LogP contribution is 2.11. The first-order chi connectivity index (χ1) is 15.3. The van der Waals surface area contributed by atoms with Crippen LogP contribution in [-0.4, -0.2) is 41.3 Å². The summed E-state index contributed by atoms with van der Waals surface area (Å²) in [7, 11) is 0. The van der Waals surface area contributed by atoms with Crippen molar-refractivity contribution in [2.24, 2.45) is 4.99 Å². The van der Waals surface area contributed by atoms with Gasteiger partial charge in [0.15, 0.2) is 5.96 Å². The monoisotopic (exact) mass is 546 g/mol. The van der Waals surface area contributed by atoms with Crippen molar-refractivity contribution in [1.29, 1.82) is 0 Å². The van der Waals surface area contributed by atoms with Crippen molar-refractivity contribution in [1.82, 2.24) is 25.7 Å². The van der Waals surface area contributed by atoms with Gasteiger partial charge in [-0.25, -0.2) is 4.99 Å². The highest BCUT2D eigenvalue weighted by molar-refractivity contribution is 14.0. The van der Waals surface area contributed by atoms with Crippen LogP contribution in [0, 0.1) is 0 Å². The number of hydrogen-bond acceptors (Lipinski definition) is 3. The van der Waals surface area contributed by atoms with Crippen LogP contribution in [0.25, 0.3) is 0 Å². The van der Waals surface area contributed by atoms with Gasteiger partial charge in [0.05, 0.1) is 13.1 Å². The van der Waals surface area contributed by atoms with Gasteiger partial charge in [-0.3, -0.25) is 9.48 Å². The minimum atomic E-state index is -0.0463. The first-order valence-corrected chi connectivity index (χ1v) is 10.7. The van der Waals surface area contributed by atoms with Gasteiger partial charge in [0.2, 0.25) is 0 Å². The second-order valence-corrected chi connectivity index (χ2v) is 7.07. The number of guanidine groups is 1. The molecule has 0 aliphatic rings. The third kappa shape index (κ3) is 8.33. The number of halogens is 1. The van der Waals surface area contributed by atoms with Gasteiger partial charge in [-0.1, -0.05) is 42.5 Å². The fourth-order valence-corrected chi connectivity index (χ4v) is 3.13. The van der Waals surface area contributed by atoms with Gasteiger partial charge >= 0.3 is 0 Å². The van der Waals surface area contributed by atoms with Gasteiger partial charge in [-0.05, 0) is 42.7 Å². The summed E-state index contributed by atoms with van der Waals surface area (Å²) in [5.74, 6) is 0.723. The Bertz CT molecular complexity index is 960. The van der Waals surface area contributed by atoms with Crippen molar-refractivity contribution in [3.8, 4) is 0 Å². The first kappa shape index (κ1) is 25.4. The second kappa shape index (κ2) is 14.2. The maximum atomic E-state index is 12.1. The molecule has 0 saturated heterocycles. The molecule has 0 aliphatic heterocycles. The lowest BCUT2D eigenvalue weighted by Gasteiger charge is -2.13. The van der Waals surface area contributed by atoms with Crippen LogP contribution in [0.3, 0.4) is 0 Å². The average Bonchev–Trinajstić information content (AvgIpc) is 3.31. The number of nitrogens with one attached hydrogen (secondary N) is 3. The van der Waals surface area contributed by atoms with Crippen LogP contribution in [0.2, 0.25) is 0 Å². The molecule has 1 heterocycles. The van der Waals surface area contributed by atoms with Crippen LogP contribution in [0.5, 0.6) is 0 Å². The predicted octanol–water partition coefficient (Wildman–Crippen LogP) is 3.42. The van der Waals surface area contributed by atoms with E-state index in [1.807, 2.05) is 66.3 Å². The van der Waals surface area contributed by atoms with Gasteiger partial charge in [0, 0.05) is 37.6 Å². The number of hydrogen-bond donors (Lipinski definition) is 3. The summed E-state index contributed by atoms with van der Waals surface area (Å²) in [6.07, 6.45) is 4.55. The molecule has 0 fully saturated rings. The largest absolute Gasteiger partial charge is 0.357 e. The minimum Gasteiger partial charge on any atom is -0.357 e. The van der Waals surface area contributed by atoms with Crippen LogP contribution in [-0.2, 0) is 13.1 Å². The summed E-state index contributed by atoms with van der Waals surface area (Å²) in [4.78, 5) is 16.8. The number of amides is 1. The molecule has 0 bridgehead atoms. The predicted molar refractivity (Wildman–Crippen MR) is 139 cm³/mol. The lowest BCUT2D eigenvalue weighted by molar-refractivity contribution is 0.0953. The molecule has 32 heavy (non-hydrogen) atoms. The molecule has 0 spiro atoms. The van der Waals surface area contributed by atoms with E-state index in [4.69, 9.17) is 4.99 Å². The Hall–Kier alpha value is -2.88. The van der Waals surface area contributed by atoms with Gasteiger partial charge in [0.25, 0.3) is 5.91 Å². The molecule has 8 heteroatoms. The minimum absolute atomic E-state index is 0. The zero-order chi connectivity index (χ0) is 21.7. The quantitative estimate of drug-likeness (QED) is 0.158. The fourth-order valence-electron chi connectivity index (χ4n) is 3.13. The third-order valence-corrected chi connectivity index (χ3v) is 4.73. The molecule has 3 N–H and O–H groups in total. The molecule has 0 radical (unpaired) electrons. The smallest absolute Gasteiger partial charge is 0.251 e. The third-order valence-electron chi connectivity index (χ3n) is 4.73. The number of carbonyl (C=O) groups excluding carboxylic acids is 1. The highest BCUT2D eigenvalue weighted by atomic mass is 127. The number of nitrogens with zero attached hydrogens (tertiary/aromatic N) is 3. The summed E-state index contributed by atoms with van der Waals surface area (Å²) in [6, 6.07) is 19.5. The van der Waals surface area contributed by atoms with Gasteiger partial charge in [-0.15, -0.1) is 24.0 Å². The zero-order valence-corrected chi connectivity index (χ0v) is 20.7. The van der Waals surface area contributed by atoms with E-state index in [9.17, 15) is 4.79 Å². The summed E-state index contributed by atoms with van der Waals surface area (Å²) >= 11 is 0. The Morgan fingerprint density at radius 1 is 0.938 bits per heavy atom. The van der Waals surface area contributed by atoms with E-state index in [1.54, 1.807) is 6.20 Å². The van der Waals surface area contributed by atoms with E-state index in [2.05, 4.69) is 33.2 Å². The fraction of sp³-hybridized carbons (Fsp3) is 0.292. The average molecular weight is 546 g/mol. The van der Waals surface area contributed by atoms with E-state index in [0.717, 1.165) is 32.0 Å². The Kier molecular flexibility index (Phi) is 11.3. The molecule has 3 rings (SSSR count). The van der Waals surface area contributed by atoms with E-state index < -0.39 is 0 Å². The molecular weight excluding hydrogens is 515 g/mol.